The molecule has 2 aliphatic heterocycles. The number of ether oxygens (including phenoxy) is 1. The number of aliphatic hydroxyl groups is 1. The molecule has 2 fully saturated rings. The number of halogens is 1. The Morgan fingerprint density at radius 1 is 1.31 bits per heavy atom. The first-order valence-electron chi connectivity index (χ1n) is 8.92. The van der Waals surface area contributed by atoms with Crippen LogP contribution in [0.5, 0.6) is 11.5 Å². The molecule has 6 nitrogen and oxygen atoms in total. The van der Waals surface area contributed by atoms with Crippen molar-refractivity contribution in [3.05, 3.63) is 40.9 Å². The molecule has 3 atom stereocenters. The van der Waals surface area contributed by atoms with Crippen LogP contribution in [-0.2, 0) is 19.2 Å². The van der Waals surface area contributed by atoms with E-state index in [0.717, 1.165) is 24.2 Å². The third-order valence-corrected chi connectivity index (χ3v) is 6.21. The molecule has 2 saturated heterocycles. The van der Waals surface area contributed by atoms with E-state index in [9.17, 15) is 10.2 Å². The summed E-state index contributed by atoms with van der Waals surface area (Å²) in [6.07, 6.45) is 7.07. The summed E-state index contributed by atoms with van der Waals surface area (Å²) in [5.41, 5.74) is 0.0532. The van der Waals surface area contributed by atoms with E-state index in [1.165, 1.54) is 13.2 Å². The maximum Gasteiger partial charge on any atom is 0.160 e. The largest absolute Gasteiger partial charge is 0.504 e. The highest BCUT2D eigenvalue weighted by molar-refractivity contribution is 6.31. The van der Waals surface area contributed by atoms with E-state index in [2.05, 4.69) is 9.88 Å². The molecule has 0 radical (unpaired) electrons. The van der Waals surface area contributed by atoms with Crippen LogP contribution in [0.15, 0.2) is 24.5 Å². The highest BCUT2D eigenvalue weighted by atomic mass is 35.5. The molecule has 140 valence electrons. The lowest BCUT2D eigenvalue weighted by molar-refractivity contribution is -0.0669. The summed E-state index contributed by atoms with van der Waals surface area (Å²) in [6.45, 7) is 0.682. The van der Waals surface area contributed by atoms with Gasteiger partial charge in [0.25, 0.3) is 0 Å². The van der Waals surface area contributed by atoms with Crippen molar-refractivity contribution in [2.75, 3.05) is 7.11 Å². The number of aromatic hydroxyl groups is 1. The zero-order valence-corrected chi connectivity index (χ0v) is 15.8. The molecular weight excluding hydrogens is 354 g/mol. The number of benzene rings is 1. The lowest BCUT2D eigenvalue weighted by Gasteiger charge is -2.43. The number of hydrogen-bond acceptors (Lipinski definition) is 5. The molecule has 7 heteroatoms. The topological polar surface area (TPSA) is 70.8 Å². The van der Waals surface area contributed by atoms with Crippen LogP contribution < -0.4 is 4.74 Å². The molecule has 1 aromatic heterocycles. The van der Waals surface area contributed by atoms with Gasteiger partial charge >= 0.3 is 0 Å². The fourth-order valence-corrected chi connectivity index (χ4v) is 4.85. The third kappa shape index (κ3) is 2.86. The molecule has 2 N–H and O–H groups in total. The number of hydrogen-bond donors (Lipinski definition) is 2. The number of aromatic nitrogens is 2. The molecule has 0 amide bonds. The van der Waals surface area contributed by atoms with Gasteiger partial charge in [-0.2, -0.15) is 0 Å². The Morgan fingerprint density at radius 2 is 2.00 bits per heavy atom. The lowest BCUT2D eigenvalue weighted by atomic mass is 9.85. The lowest BCUT2D eigenvalue weighted by Crippen LogP contribution is -2.50. The van der Waals surface area contributed by atoms with Gasteiger partial charge in [-0.05, 0) is 37.3 Å². The molecule has 1 unspecified atom stereocenters. The van der Waals surface area contributed by atoms with Crippen LogP contribution in [0, 0.1) is 0 Å². The Kier molecular flexibility index (Phi) is 4.37. The van der Waals surface area contributed by atoms with E-state index < -0.39 is 5.60 Å². The van der Waals surface area contributed by atoms with Crippen LogP contribution in [0.3, 0.4) is 0 Å². The molecule has 0 aliphatic carbocycles. The van der Waals surface area contributed by atoms with Crippen molar-refractivity contribution in [3.63, 3.8) is 0 Å². The van der Waals surface area contributed by atoms with Gasteiger partial charge in [0.1, 0.15) is 11.4 Å². The second-order valence-electron chi connectivity index (χ2n) is 7.47. The van der Waals surface area contributed by atoms with Crippen LogP contribution >= 0.6 is 11.6 Å². The predicted octanol–water partition coefficient (Wildman–Crippen LogP) is 2.80. The van der Waals surface area contributed by atoms with E-state index in [1.807, 2.05) is 17.8 Å². The minimum atomic E-state index is -0.878. The summed E-state index contributed by atoms with van der Waals surface area (Å²) in [7, 11) is 3.46. The average molecular weight is 378 g/mol. The molecule has 1 aromatic carbocycles. The quantitative estimate of drug-likeness (QED) is 0.857. The van der Waals surface area contributed by atoms with Gasteiger partial charge in [-0.15, -0.1) is 0 Å². The number of nitrogens with zero attached hydrogens (tertiary/aromatic N) is 3. The molecule has 2 aromatic rings. The molecule has 26 heavy (non-hydrogen) atoms. The SMILES string of the molecule is COc1cc(CN2[C@@H]3CC[C@H]2CC(O)(c2nccn2C)C3)c(Cl)cc1O. The van der Waals surface area contributed by atoms with E-state index in [-0.39, 0.29) is 17.8 Å². The Hall–Kier alpha value is -1.76. The van der Waals surface area contributed by atoms with E-state index >= 15 is 0 Å². The molecule has 0 saturated carbocycles. The maximum absolute atomic E-state index is 11.3. The molecule has 0 spiro atoms. The standard InChI is InChI=1S/C19H24ClN3O3/c1-22-6-5-21-18(22)19(25)9-13-3-4-14(10-19)23(13)11-12-7-17(26-2)16(24)8-15(12)20/h5-8,13-14,24-25H,3-4,9-11H2,1-2H3/t13-,14+,19?. The highest BCUT2D eigenvalue weighted by Gasteiger charge is 2.49. The van der Waals surface area contributed by atoms with Crippen LogP contribution in [0.25, 0.3) is 0 Å². The number of aryl methyl sites for hydroxylation is 1. The second kappa shape index (κ2) is 6.44. The minimum absolute atomic E-state index is 0.0482. The smallest absolute Gasteiger partial charge is 0.160 e. The van der Waals surface area contributed by atoms with Gasteiger partial charge in [0.05, 0.1) is 7.11 Å². The van der Waals surface area contributed by atoms with Crippen molar-refractivity contribution in [1.82, 2.24) is 14.5 Å². The zero-order chi connectivity index (χ0) is 18.5. The monoisotopic (exact) mass is 377 g/mol. The van der Waals surface area contributed by atoms with Crippen LogP contribution in [0.2, 0.25) is 5.02 Å². The molecule has 4 rings (SSSR count). The van der Waals surface area contributed by atoms with Crippen molar-refractivity contribution < 1.29 is 14.9 Å². The Balaban J connectivity index is 1.57. The van der Waals surface area contributed by atoms with E-state index in [0.29, 0.717) is 30.2 Å². The fraction of sp³-hybridized carbons (Fsp3) is 0.526. The number of fused-ring (bicyclic) bond motifs is 2. The number of phenolic OH excluding ortho intramolecular Hbond substituents is 1. The van der Waals surface area contributed by atoms with Gasteiger partial charge in [0.15, 0.2) is 11.5 Å². The van der Waals surface area contributed by atoms with Crippen molar-refractivity contribution in [2.24, 2.45) is 7.05 Å². The number of piperidine rings is 1. The van der Waals surface area contributed by atoms with Gasteiger partial charge in [0.2, 0.25) is 0 Å². The predicted molar refractivity (Wildman–Crippen MR) is 98.4 cm³/mol. The number of imidazole rings is 1. The molecule has 2 bridgehead atoms. The van der Waals surface area contributed by atoms with Crippen LogP contribution in [0.4, 0.5) is 0 Å². The summed E-state index contributed by atoms with van der Waals surface area (Å²) in [5.74, 6) is 1.23. The minimum Gasteiger partial charge on any atom is -0.504 e. The summed E-state index contributed by atoms with van der Waals surface area (Å²) < 4.78 is 7.13. The van der Waals surface area contributed by atoms with Crippen molar-refractivity contribution >= 4 is 11.6 Å². The summed E-state index contributed by atoms with van der Waals surface area (Å²) in [4.78, 5) is 6.82. The van der Waals surface area contributed by atoms with Gasteiger partial charge in [-0.25, -0.2) is 4.98 Å². The molecule has 3 heterocycles. The first-order valence-corrected chi connectivity index (χ1v) is 9.30. The summed E-state index contributed by atoms with van der Waals surface area (Å²) in [5, 5.41) is 21.7. The van der Waals surface area contributed by atoms with Crippen molar-refractivity contribution in [2.45, 2.75) is 49.9 Å². The first-order chi connectivity index (χ1) is 12.4. The van der Waals surface area contributed by atoms with Gasteiger partial charge < -0.3 is 19.5 Å². The second-order valence-corrected chi connectivity index (χ2v) is 7.88. The summed E-state index contributed by atoms with van der Waals surface area (Å²) >= 11 is 6.35. The Bertz CT molecular complexity index is 808. The summed E-state index contributed by atoms with van der Waals surface area (Å²) in [6, 6.07) is 3.90. The van der Waals surface area contributed by atoms with Crippen LogP contribution in [-0.4, -0.2) is 43.9 Å². The zero-order valence-electron chi connectivity index (χ0n) is 15.0. The van der Waals surface area contributed by atoms with Crippen molar-refractivity contribution in [1.29, 1.82) is 0 Å². The Labute approximate surface area is 158 Å². The Morgan fingerprint density at radius 3 is 2.58 bits per heavy atom. The maximum atomic E-state index is 11.3. The van der Waals surface area contributed by atoms with Gasteiger partial charge in [-0.1, -0.05) is 11.6 Å². The van der Waals surface area contributed by atoms with Gasteiger partial charge in [-0.3, -0.25) is 4.90 Å². The number of phenols is 1. The fourth-order valence-electron chi connectivity index (χ4n) is 4.64. The van der Waals surface area contributed by atoms with Gasteiger partial charge in [0, 0.05) is 49.2 Å². The average Bonchev–Trinajstić information content (AvgIpc) is 3.13. The normalized spacial score (nSPS) is 28.5. The van der Waals surface area contributed by atoms with Crippen molar-refractivity contribution in [3.8, 4) is 11.5 Å². The number of methoxy groups -OCH3 is 1. The molecule has 2 aliphatic rings. The first kappa shape index (κ1) is 17.6. The number of rotatable bonds is 4. The van der Waals surface area contributed by atoms with E-state index in [1.54, 1.807) is 12.3 Å². The molecular formula is C19H24ClN3O3. The van der Waals surface area contributed by atoms with Crippen LogP contribution in [0.1, 0.15) is 37.1 Å². The third-order valence-electron chi connectivity index (χ3n) is 5.86. The van der Waals surface area contributed by atoms with E-state index in [4.69, 9.17) is 16.3 Å². The highest BCUT2D eigenvalue weighted by Crippen LogP contribution is 2.46.